The summed E-state index contributed by atoms with van der Waals surface area (Å²) in [4.78, 5) is 32.5. The lowest BCUT2D eigenvalue weighted by Gasteiger charge is -2.26. The number of nitrogens with zero attached hydrogens (tertiary/aromatic N) is 3. The number of ketones is 1. The molecule has 3 aromatic carbocycles. The number of aryl methyl sites for hydroxylation is 1. The van der Waals surface area contributed by atoms with Crippen LogP contribution >= 0.6 is 0 Å². The second-order valence-electron chi connectivity index (χ2n) is 9.79. The maximum Gasteiger partial charge on any atom is 0.295 e. The van der Waals surface area contributed by atoms with Crippen LogP contribution in [-0.4, -0.2) is 51.5 Å². The third kappa shape index (κ3) is 6.15. The molecule has 1 saturated heterocycles. The van der Waals surface area contributed by atoms with Gasteiger partial charge in [0.2, 0.25) is 0 Å². The molecule has 1 aromatic heterocycles. The molecule has 1 unspecified atom stereocenters. The van der Waals surface area contributed by atoms with Crippen LogP contribution in [0.4, 0.5) is 0 Å². The Hall–Kier alpha value is -5.05. The van der Waals surface area contributed by atoms with Crippen molar-refractivity contribution in [2.24, 2.45) is 0 Å². The van der Waals surface area contributed by atoms with Crippen LogP contribution < -0.4 is 14.2 Å². The minimum atomic E-state index is -0.833. The van der Waals surface area contributed by atoms with Gasteiger partial charge in [0, 0.05) is 31.0 Å². The van der Waals surface area contributed by atoms with Crippen molar-refractivity contribution in [1.29, 1.82) is 0 Å². The lowest BCUT2D eigenvalue weighted by molar-refractivity contribution is -0.139. The number of hydrogen-bond donors (Lipinski definition) is 1. The molecule has 9 heteroatoms. The summed E-state index contributed by atoms with van der Waals surface area (Å²) in [6, 6.07) is 21.1. The molecule has 0 aliphatic carbocycles. The van der Waals surface area contributed by atoms with E-state index in [1.165, 1.54) is 12.0 Å². The van der Waals surface area contributed by atoms with Crippen molar-refractivity contribution < 1.29 is 28.9 Å². The van der Waals surface area contributed by atoms with Crippen LogP contribution in [0.25, 0.3) is 5.76 Å². The molecule has 4 aromatic rings. The number of benzene rings is 3. The van der Waals surface area contributed by atoms with E-state index < -0.39 is 17.7 Å². The van der Waals surface area contributed by atoms with Gasteiger partial charge < -0.3 is 28.8 Å². The van der Waals surface area contributed by atoms with E-state index in [-0.39, 0.29) is 17.9 Å². The fraction of sp³-hybridized carbons (Fsp3) is 0.242. The van der Waals surface area contributed by atoms with Crippen LogP contribution in [-0.2, 0) is 22.7 Å². The standard InChI is InChI=1S/C33H33N3O6/c1-3-41-26-12-7-11-25(19-26)31(37)29-30(36(33(39)32(29)38)17-8-16-35-18-15-34-22-35)24-13-14-27(28(20-24)40-2)42-21-23-9-5-4-6-10-23/h4-7,9-15,18-20,22,30,37H,3,8,16-17,21H2,1-2H3/b31-29+. The van der Waals surface area contributed by atoms with Crippen molar-refractivity contribution in [3.8, 4) is 17.2 Å². The third-order valence-electron chi connectivity index (χ3n) is 7.07. The first-order valence-electron chi connectivity index (χ1n) is 13.8. The van der Waals surface area contributed by atoms with Gasteiger partial charge in [-0.3, -0.25) is 9.59 Å². The second kappa shape index (κ2) is 13.1. The van der Waals surface area contributed by atoms with Crippen LogP contribution in [0.1, 0.15) is 36.1 Å². The molecule has 42 heavy (non-hydrogen) atoms. The number of ether oxygens (including phenoxy) is 3. The molecule has 0 radical (unpaired) electrons. The van der Waals surface area contributed by atoms with Crippen molar-refractivity contribution in [3.63, 3.8) is 0 Å². The van der Waals surface area contributed by atoms with Crippen molar-refractivity contribution in [3.05, 3.63) is 114 Å². The van der Waals surface area contributed by atoms with Crippen LogP contribution in [0.15, 0.2) is 97.1 Å². The van der Waals surface area contributed by atoms with Crippen molar-refractivity contribution in [1.82, 2.24) is 14.5 Å². The lowest BCUT2D eigenvalue weighted by Crippen LogP contribution is -2.31. The minimum Gasteiger partial charge on any atom is -0.507 e. The maximum absolute atomic E-state index is 13.5. The molecule has 9 nitrogen and oxygen atoms in total. The number of aromatic nitrogens is 2. The Morgan fingerprint density at radius 3 is 2.52 bits per heavy atom. The molecule has 1 amide bonds. The highest BCUT2D eigenvalue weighted by atomic mass is 16.5. The van der Waals surface area contributed by atoms with Gasteiger partial charge in [-0.05, 0) is 48.7 Å². The lowest BCUT2D eigenvalue weighted by atomic mass is 9.95. The predicted molar refractivity (Wildman–Crippen MR) is 157 cm³/mol. The van der Waals surface area contributed by atoms with E-state index in [0.29, 0.717) is 54.6 Å². The minimum absolute atomic E-state index is 0.0105. The van der Waals surface area contributed by atoms with E-state index in [1.807, 2.05) is 48.0 Å². The molecule has 216 valence electrons. The number of imidazole rings is 1. The van der Waals surface area contributed by atoms with E-state index in [9.17, 15) is 14.7 Å². The van der Waals surface area contributed by atoms with Gasteiger partial charge in [0.25, 0.3) is 11.7 Å². The van der Waals surface area contributed by atoms with Gasteiger partial charge in [-0.1, -0.05) is 48.5 Å². The Morgan fingerprint density at radius 1 is 0.952 bits per heavy atom. The SMILES string of the molecule is CCOc1cccc(/C(O)=C2\C(=O)C(=O)N(CCCn3ccnc3)C2c2ccc(OCc3ccccc3)c(OC)c2)c1. The normalized spacial score (nSPS) is 16.0. The van der Waals surface area contributed by atoms with Crippen LogP contribution in [0.5, 0.6) is 17.2 Å². The summed E-state index contributed by atoms with van der Waals surface area (Å²) in [6.45, 7) is 3.56. The summed E-state index contributed by atoms with van der Waals surface area (Å²) in [5.41, 5.74) is 2.01. The highest BCUT2D eigenvalue weighted by Gasteiger charge is 2.46. The Bertz CT molecular complexity index is 1570. The zero-order valence-electron chi connectivity index (χ0n) is 23.6. The summed E-state index contributed by atoms with van der Waals surface area (Å²) >= 11 is 0. The van der Waals surface area contributed by atoms with Crippen molar-refractivity contribution in [2.45, 2.75) is 32.5 Å². The molecule has 1 aliphatic rings. The molecule has 0 bridgehead atoms. The Kier molecular flexibility index (Phi) is 8.87. The molecule has 1 aliphatic heterocycles. The smallest absolute Gasteiger partial charge is 0.295 e. The van der Waals surface area contributed by atoms with E-state index >= 15 is 0 Å². The number of likely N-dealkylation sites (tertiary alicyclic amines) is 1. The average Bonchev–Trinajstić information content (AvgIpc) is 3.63. The zero-order chi connectivity index (χ0) is 29.5. The average molecular weight is 568 g/mol. The molecule has 1 fully saturated rings. The highest BCUT2D eigenvalue weighted by Crippen LogP contribution is 2.42. The monoisotopic (exact) mass is 567 g/mol. The number of Topliss-reactive ketones (excluding diaryl/α,β-unsaturated/α-hetero) is 1. The van der Waals surface area contributed by atoms with Gasteiger partial charge in [0.05, 0.1) is 31.7 Å². The molecular formula is C33H33N3O6. The van der Waals surface area contributed by atoms with Crippen molar-refractivity contribution >= 4 is 17.4 Å². The predicted octanol–water partition coefficient (Wildman–Crippen LogP) is 5.38. The quantitative estimate of drug-likeness (QED) is 0.139. The summed E-state index contributed by atoms with van der Waals surface area (Å²) in [7, 11) is 1.54. The first kappa shape index (κ1) is 28.5. The van der Waals surface area contributed by atoms with Gasteiger partial charge in [0.15, 0.2) is 11.5 Å². The Balaban J connectivity index is 1.51. The number of aliphatic hydroxyl groups excluding tert-OH is 1. The molecule has 1 N–H and O–H groups in total. The second-order valence-corrected chi connectivity index (χ2v) is 9.79. The first-order chi connectivity index (χ1) is 20.5. The number of amides is 1. The van der Waals surface area contributed by atoms with E-state index in [1.54, 1.807) is 55.0 Å². The van der Waals surface area contributed by atoms with E-state index in [4.69, 9.17) is 14.2 Å². The Morgan fingerprint density at radius 2 is 1.79 bits per heavy atom. The molecule has 0 saturated carbocycles. The van der Waals surface area contributed by atoms with Crippen molar-refractivity contribution in [2.75, 3.05) is 20.3 Å². The highest BCUT2D eigenvalue weighted by molar-refractivity contribution is 6.46. The largest absolute Gasteiger partial charge is 0.507 e. The molecule has 5 rings (SSSR count). The summed E-state index contributed by atoms with van der Waals surface area (Å²) in [5.74, 6) is -0.159. The van der Waals surface area contributed by atoms with E-state index in [2.05, 4.69) is 4.98 Å². The zero-order valence-corrected chi connectivity index (χ0v) is 23.6. The maximum atomic E-state index is 13.5. The van der Waals surface area contributed by atoms with Gasteiger partial charge in [0.1, 0.15) is 18.1 Å². The summed E-state index contributed by atoms with van der Waals surface area (Å²) in [5, 5.41) is 11.5. The van der Waals surface area contributed by atoms with E-state index in [0.717, 1.165) is 5.56 Å². The number of carbonyl (C=O) groups excluding carboxylic acids is 2. The number of carbonyl (C=O) groups is 2. The Labute approximate surface area is 244 Å². The summed E-state index contributed by atoms with van der Waals surface area (Å²) < 4.78 is 19.2. The molecule has 0 spiro atoms. The first-order valence-corrected chi connectivity index (χ1v) is 13.8. The fourth-order valence-electron chi connectivity index (χ4n) is 5.06. The van der Waals surface area contributed by atoms with Gasteiger partial charge in [-0.15, -0.1) is 0 Å². The third-order valence-corrected chi connectivity index (χ3v) is 7.07. The van der Waals surface area contributed by atoms with Crippen LogP contribution in [0.2, 0.25) is 0 Å². The van der Waals surface area contributed by atoms with Crippen LogP contribution in [0.3, 0.4) is 0 Å². The number of hydrogen-bond acceptors (Lipinski definition) is 7. The number of aliphatic hydroxyl groups is 1. The summed E-state index contributed by atoms with van der Waals surface area (Å²) in [6.07, 6.45) is 5.82. The topological polar surface area (TPSA) is 103 Å². The molecule has 1 atom stereocenters. The van der Waals surface area contributed by atoms with Crippen LogP contribution in [0, 0.1) is 0 Å². The molecular weight excluding hydrogens is 534 g/mol. The number of rotatable bonds is 12. The molecule has 2 heterocycles. The van der Waals surface area contributed by atoms with Gasteiger partial charge >= 0.3 is 0 Å². The number of methoxy groups -OCH3 is 1. The fourth-order valence-corrected chi connectivity index (χ4v) is 5.06. The van der Waals surface area contributed by atoms with Gasteiger partial charge in [-0.2, -0.15) is 0 Å². The van der Waals surface area contributed by atoms with Gasteiger partial charge in [-0.25, -0.2) is 4.98 Å².